The van der Waals surface area contributed by atoms with Crippen molar-refractivity contribution in [2.75, 3.05) is 12.8 Å². The Hall–Kier alpha value is -0.190. The van der Waals surface area contributed by atoms with Crippen LogP contribution in [0.25, 0.3) is 0 Å². The third-order valence-electron chi connectivity index (χ3n) is 1.96. The first-order chi connectivity index (χ1) is 7.54. The van der Waals surface area contributed by atoms with Crippen molar-refractivity contribution in [3.63, 3.8) is 0 Å². The molecular weight excluding hydrogens is 310 g/mol. The zero-order chi connectivity index (χ0) is 12.1. The van der Waals surface area contributed by atoms with Gasteiger partial charge in [0.1, 0.15) is 0 Å². The summed E-state index contributed by atoms with van der Waals surface area (Å²) in [6.45, 7) is 2.55. The summed E-state index contributed by atoms with van der Waals surface area (Å²) in [5.74, 6) is -0.132. The number of carbonyl (C=O) groups is 1. The number of thioether (sulfide) groups is 1. The maximum atomic E-state index is 11.8. The van der Waals surface area contributed by atoms with Gasteiger partial charge in [-0.15, -0.1) is 11.8 Å². The van der Waals surface area contributed by atoms with Crippen LogP contribution in [0.3, 0.4) is 0 Å². The van der Waals surface area contributed by atoms with E-state index in [0.29, 0.717) is 17.1 Å². The third-order valence-corrected chi connectivity index (χ3v) is 3.34. The van der Waals surface area contributed by atoms with E-state index in [1.165, 1.54) is 0 Å². The Bertz CT molecular complexity index is 384. The first kappa shape index (κ1) is 13.9. The fourth-order valence-corrected chi connectivity index (χ4v) is 1.94. The van der Waals surface area contributed by atoms with Crippen molar-refractivity contribution in [2.24, 2.45) is 0 Å². The van der Waals surface area contributed by atoms with Crippen LogP contribution in [0.5, 0.6) is 0 Å². The third kappa shape index (κ3) is 4.00. The zero-order valence-electron chi connectivity index (χ0n) is 9.09. The molecule has 0 heterocycles. The second-order valence-corrected chi connectivity index (χ2v) is 6.19. The van der Waals surface area contributed by atoms with Gasteiger partial charge in [0.2, 0.25) is 0 Å². The predicted molar refractivity (Wildman–Crippen MR) is 74.0 cm³/mol. The first-order valence-corrected chi connectivity index (χ1v) is 7.32. The maximum Gasteiger partial charge on any atom is 0.252 e. The monoisotopic (exact) mass is 321 g/mol. The Labute approximate surface area is 113 Å². The van der Waals surface area contributed by atoms with E-state index in [0.717, 1.165) is 4.90 Å². The number of rotatable bonds is 4. The molecule has 1 N–H and O–H groups in total. The van der Waals surface area contributed by atoms with Crippen LogP contribution >= 0.6 is 39.3 Å². The van der Waals surface area contributed by atoms with Gasteiger partial charge in [-0.25, -0.2) is 0 Å². The summed E-state index contributed by atoms with van der Waals surface area (Å²) in [7, 11) is 0. The van der Waals surface area contributed by atoms with Crippen molar-refractivity contribution < 1.29 is 4.79 Å². The summed E-state index contributed by atoms with van der Waals surface area (Å²) in [5.41, 5.74) is 0.529. The Morgan fingerprint density at radius 3 is 2.88 bits per heavy atom. The van der Waals surface area contributed by atoms with Gasteiger partial charge in [-0.3, -0.25) is 4.79 Å². The number of amides is 1. The molecule has 1 aromatic carbocycles. The molecule has 1 rings (SSSR count). The average Bonchev–Trinajstić information content (AvgIpc) is 2.26. The molecule has 0 bridgehead atoms. The highest BCUT2D eigenvalue weighted by molar-refractivity contribution is 9.09. The van der Waals surface area contributed by atoms with Crippen LogP contribution in [-0.4, -0.2) is 23.5 Å². The fourth-order valence-electron chi connectivity index (χ4n) is 1.13. The molecule has 0 fully saturated rings. The summed E-state index contributed by atoms with van der Waals surface area (Å²) < 4.78 is 0. The highest BCUT2D eigenvalue weighted by atomic mass is 79.9. The number of benzene rings is 1. The first-order valence-electron chi connectivity index (χ1n) is 4.80. The largest absolute Gasteiger partial charge is 0.351 e. The minimum absolute atomic E-state index is 0.132. The molecule has 0 aliphatic rings. The van der Waals surface area contributed by atoms with Crippen LogP contribution in [-0.2, 0) is 0 Å². The van der Waals surface area contributed by atoms with E-state index in [1.807, 2.05) is 19.2 Å². The van der Waals surface area contributed by atoms with E-state index < -0.39 is 0 Å². The molecule has 2 nitrogen and oxygen atoms in total. The summed E-state index contributed by atoms with van der Waals surface area (Å²) in [6.07, 6.45) is 1.96. The Kier molecular flexibility index (Phi) is 5.66. The van der Waals surface area contributed by atoms with Crippen LogP contribution in [0.2, 0.25) is 5.02 Å². The Balaban J connectivity index is 2.81. The molecule has 0 aliphatic carbocycles. The van der Waals surface area contributed by atoms with E-state index in [9.17, 15) is 4.79 Å². The van der Waals surface area contributed by atoms with Crippen LogP contribution in [0, 0.1) is 0 Å². The average molecular weight is 323 g/mol. The molecule has 1 atom stereocenters. The fraction of sp³-hybridized carbons (Fsp3) is 0.364. The molecule has 0 aromatic heterocycles. The summed E-state index contributed by atoms with van der Waals surface area (Å²) in [5, 5.41) is 3.29. The summed E-state index contributed by atoms with van der Waals surface area (Å²) in [6, 6.07) is 5.46. The predicted octanol–water partition coefficient (Wildman–Crippen LogP) is 3.58. The number of alkyl halides is 1. The lowest BCUT2D eigenvalue weighted by atomic mass is 10.2. The van der Waals surface area contributed by atoms with E-state index >= 15 is 0 Å². The lowest BCUT2D eigenvalue weighted by molar-refractivity contribution is 0.0954. The molecule has 0 saturated heterocycles. The molecule has 0 saturated carbocycles. The van der Waals surface area contributed by atoms with Crippen LogP contribution in [0.15, 0.2) is 23.1 Å². The van der Waals surface area contributed by atoms with E-state index in [-0.39, 0.29) is 10.7 Å². The van der Waals surface area contributed by atoms with E-state index in [2.05, 4.69) is 21.2 Å². The van der Waals surface area contributed by atoms with Crippen molar-refractivity contribution in [1.29, 1.82) is 0 Å². The lowest BCUT2D eigenvalue weighted by Crippen LogP contribution is -2.28. The number of hydrogen-bond donors (Lipinski definition) is 1. The number of carbonyl (C=O) groups excluding carboxylic acids is 1. The maximum absolute atomic E-state index is 11.8. The molecule has 0 radical (unpaired) electrons. The molecule has 0 spiro atoms. The molecule has 1 amide bonds. The van der Waals surface area contributed by atoms with Crippen molar-refractivity contribution in [1.82, 2.24) is 5.32 Å². The van der Waals surface area contributed by atoms with Gasteiger partial charge in [0.05, 0.1) is 10.6 Å². The normalized spacial score (nSPS) is 12.2. The van der Waals surface area contributed by atoms with Gasteiger partial charge in [0.25, 0.3) is 5.91 Å². The van der Waals surface area contributed by atoms with Gasteiger partial charge in [-0.2, -0.15) is 0 Å². The highest BCUT2D eigenvalue weighted by Gasteiger charge is 2.11. The minimum atomic E-state index is -0.132. The summed E-state index contributed by atoms with van der Waals surface area (Å²) in [4.78, 5) is 13.1. The lowest BCUT2D eigenvalue weighted by Gasteiger charge is -2.09. The van der Waals surface area contributed by atoms with Crippen molar-refractivity contribution in [2.45, 2.75) is 16.6 Å². The van der Waals surface area contributed by atoms with Crippen molar-refractivity contribution in [3.8, 4) is 0 Å². The Morgan fingerprint density at radius 1 is 1.62 bits per heavy atom. The van der Waals surface area contributed by atoms with Gasteiger partial charge in [0, 0.05) is 16.3 Å². The zero-order valence-corrected chi connectivity index (χ0v) is 12.2. The van der Waals surface area contributed by atoms with Gasteiger partial charge >= 0.3 is 0 Å². The number of nitrogens with one attached hydrogen (secondary N) is 1. The van der Waals surface area contributed by atoms with E-state index in [4.69, 9.17) is 11.6 Å². The van der Waals surface area contributed by atoms with Gasteiger partial charge in [-0.05, 0) is 24.5 Å². The highest BCUT2D eigenvalue weighted by Crippen LogP contribution is 2.22. The second-order valence-electron chi connectivity index (χ2n) is 3.34. The number of halogens is 2. The SMILES string of the molecule is CSc1ccc(Cl)c(C(=O)NCC(C)Br)c1. The molecule has 88 valence electrons. The molecule has 0 aliphatic heterocycles. The molecule has 1 unspecified atom stereocenters. The quantitative estimate of drug-likeness (QED) is 0.678. The smallest absolute Gasteiger partial charge is 0.252 e. The van der Waals surface area contributed by atoms with Gasteiger partial charge in [-0.1, -0.05) is 34.5 Å². The van der Waals surface area contributed by atoms with Gasteiger partial charge < -0.3 is 5.32 Å². The molecule has 5 heteroatoms. The summed E-state index contributed by atoms with van der Waals surface area (Å²) >= 11 is 10.9. The minimum Gasteiger partial charge on any atom is -0.351 e. The second kappa shape index (κ2) is 6.52. The van der Waals surface area contributed by atoms with Crippen LogP contribution in [0.4, 0.5) is 0 Å². The Morgan fingerprint density at radius 2 is 2.31 bits per heavy atom. The van der Waals surface area contributed by atoms with E-state index in [1.54, 1.807) is 23.9 Å². The van der Waals surface area contributed by atoms with Crippen LogP contribution < -0.4 is 5.32 Å². The molecular formula is C11H13BrClNOS. The molecule has 1 aromatic rings. The standard InChI is InChI=1S/C11H13BrClNOS/c1-7(12)6-14-11(15)9-5-8(16-2)3-4-10(9)13/h3-5,7H,6H2,1-2H3,(H,14,15). The van der Waals surface area contributed by atoms with Crippen molar-refractivity contribution in [3.05, 3.63) is 28.8 Å². The van der Waals surface area contributed by atoms with Crippen LogP contribution in [0.1, 0.15) is 17.3 Å². The number of hydrogen-bond acceptors (Lipinski definition) is 2. The van der Waals surface area contributed by atoms with Crippen molar-refractivity contribution >= 4 is 45.2 Å². The topological polar surface area (TPSA) is 29.1 Å². The molecule has 16 heavy (non-hydrogen) atoms. The van der Waals surface area contributed by atoms with Gasteiger partial charge in [0.15, 0.2) is 0 Å².